The Morgan fingerprint density at radius 2 is 2.10 bits per heavy atom. The van der Waals surface area contributed by atoms with Crippen LogP contribution in [0.25, 0.3) is 10.9 Å². The molecule has 1 N–H and O–H groups in total. The first kappa shape index (κ1) is 13.9. The van der Waals surface area contributed by atoms with Gasteiger partial charge in [-0.1, -0.05) is 0 Å². The highest BCUT2D eigenvalue weighted by atomic mass is 16.3. The highest BCUT2D eigenvalue weighted by Crippen LogP contribution is 2.29. The van der Waals surface area contributed by atoms with Crippen molar-refractivity contribution in [2.75, 3.05) is 0 Å². The standard InChI is InChI=1S/C16H18N2O3/c1-9-10(2)15-12(6-11(9)7-19)16(21)18(8-17-15)13-4-3-5-14(13)20/h6-8,13-14,20H,3-5H2,1-2H3. The lowest BCUT2D eigenvalue weighted by Crippen LogP contribution is -2.29. The highest BCUT2D eigenvalue weighted by Gasteiger charge is 2.28. The third-order valence-corrected chi connectivity index (χ3v) is 4.61. The maximum Gasteiger partial charge on any atom is 0.261 e. The fourth-order valence-corrected chi connectivity index (χ4v) is 3.17. The Labute approximate surface area is 122 Å². The van der Waals surface area contributed by atoms with Crippen molar-refractivity contribution in [1.82, 2.24) is 9.55 Å². The molecule has 0 aliphatic heterocycles. The molecule has 1 aromatic carbocycles. The van der Waals surface area contributed by atoms with Gasteiger partial charge >= 0.3 is 0 Å². The summed E-state index contributed by atoms with van der Waals surface area (Å²) in [4.78, 5) is 28.2. The summed E-state index contributed by atoms with van der Waals surface area (Å²) in [6, 6.07) is 1.40. The zero-order valence-corrected chi connectivity index (χ0v) is 12.2. The van der Waals surface area contributed by atoms with E-state index in [1.165, 1.54) is 10.9 Å². The lowest BCUT2D eigenvalue weighted by Gasteiger charge is -2.18. The molecule has 2 aromatic rings. The van der Waals surface area contributed by atoms with Crippen molar-refractivity contribution in [3.63, 3.8) is 0 Å². The second-order valence-electron chi connectivity index (χ2n) is 5.75. The number of hydrogen-bond donors (Lipinski definition) is 1. The van der Waals surface area contributed by atoms with E-state index in [1.54, 1.807) is 6.07 Å². The molecule has 1 fully saturated rings. The van der Waals surface area contributed by atoms with Gasteiger partial charge in [-0.15, -0.1) is 0 Å². The number of aliphatic hydroxyl groups excluding tert-OH is 1. The molecule has 0 saturated heterocycles. The van der Waals surface area contributed by atoms with Crippen LogP contribution in [0.4, 0.5) is 0 Å². The zero-order valence-electron chi connectivity index (χ0n) is 12.2. The van der Waals surface area contributed by atoms with Crippen LogP contribution in [0.1, 0.15) is 46.8 Å². The molecule has 21 heavy (non-hydrogen) atoms. The molecule has 110 valence electrons. The minimum atomic E-state index is -0.501. The SMILES string of the molecule is Cc1c(C=O)cc2c(=O)n(C3CCCC3O)cnc2c1C. The molecule has 1 saturated carbocycles. The lowest BCUT2D eigenvalue weighted by molar-refractivity contribution is 0.112. The van der Waals surface area contributed by atoms with Crippen molar-refractivity contribution < 1.29 is 9.90 Å². The minimum Gasteiger partial charge on any atom is -0.391 e. The first-order chi connectivity index (χ1) is 10.0. The lowest BCUT2D eigenvalue weighted by atomic mass is 10.0. The maximum atomic E-state index is 12.7. The number of carbonyl (C=O) groups excluding carboxylic acids is 1. The summed E-state index contributed by atoms with van der Waals surface area (Å²) < 4.78 is 1.52. The molecule has 0 spiro atoms. The topological polar surface area (TPSA) is 72.2 Å². The van der Waals surface area contributed by atoms with Gasteiger partial charge in [0.2, 0.25) is 0 Å². The molecular weight excluding hydrogens is 268 g/mol. The van der Waals surface area contributed by atoms with Gasteiger partial charge in [0, 0.05) is 5.56 Å². The van der Waals surface area contributed by atoms with E-state index in [1.807, 2.05) is 13.8 Å². The number of carbonyl (C=O) groups is 1. The van der Waals surface area contributed by atoms with E-state index in [4.69, 9.17) is 0 Å². The van der Waals surface area contributed by atoms with Gasteiger partial charge in [-0.05, 0) is 50.3 Å². The molecule has 2 atom stereocenters. The molecule has 3 rings (SSSR count). The first-order valence-corrected chi connectivity index (χ1v) is 7.19. The summed E-state index contributed by atoms with van der Waals surface area (Å²) in [6.45, 7) is 3.72. The number of fused-ring (bicyclic) bond motifs is 1. The summed E-state index contributed by atoms with van der Waals surface area (Å²) in [5.41, 5.74) is 2.67. The highest BCUT2D eigenvalue weighted by molar-refractivity contribution is 5.90. The van der Waals surface area contributed by atoms with Crippen LogP contribution < -0.4 is 5.56 Å². The van der Waals surface area contributed by atoms with Crippen LogP contribution in [0, 0.1) is 13.8 Å². The summed E-state index contributed by atoms with van der Waals surface area (Å²) in [5, 5.41) is 10.4. The number of aromatic nitrogens is 2. The van der Waals surface area contributed by atoms with Crippen molar-refractivity contribution in [3.05, 3.63) is 39.4 Å². The second kappa shape index (κ2) is 5.07. The van der Waals surface area contributed by atoms with E-state index in [-0.39, 0.29) is 11.6 Å². The minimum absolute atomic E-state index is 0.183. The van der Waals surface area contributed by atoms with Crippen LogP contribution in [0.5, 0.6) is 0 Å². The van der Waals surface area contributed by atoms with Gasteiger partial charge in [0.25, 0.3) is 5.56 Å². The molecule has 1 aromatic heterocycles. The number of aldehydes is 1. The molecule has 0 amide bonds. The molecule has 0 bridgehead atoms. The van der Waals surface area contributed by atoms with E-state index >= 15 is 0 Å². The summed E-state index contributed by atoms with van der Waals surface area (Å²) >= 11 is 0. The van der Waals surface area contributed by atoms with Crippen LogP contribution in [-0.2, 0) is 0 Å². The normalized spacial score (nSPS) is 21.9. The second-order valence-corrected chi connectivity index (χ2v) is 5.75. The zero-order chi connectivity index (χ0) is 15.1. The van der Waals surface area contributed by atoms with E-state index in [0.717, 1.165) is 30.3 Å². The van der Waals surface area contributed by atoms with Gasteiger partial charge in [0.15, 0.2) is 0 Å². The number of hydrogen-bond acceptors (Lipinski definition) is 4. The summed E-state index contributed by atoms with van der Waals surface area (Å²) in [6.07, 6.45) is 4.18. The van der Waals surface area contributed by atoms with Crippen LogP contribution in [0.2, 0.25) is 0 Å². The first-order valence-electron chi connectivity index (χ1n) is 7.19. The fourth-order valence-electron chi connectivity index (χ4n) is 3.17. The van der Waals surface area contributed by atoms with Crippen LogP contribution in [-0.4, -0.2) is 27.0 Å². The number of aryl methyl sites for hydroxylation is 1. The Kier molecular flexibility index (Phi) is 3.37. The quantitative estimate of drug-likeness (QED) is 0.856. The molecule has 1 aliphatic rings. The van der Waals surface area contributed by atoms with Gasteiger partial charge in [-0.3, -0.25) is 14.2 Å². The molecule has 5 heteroatoms. The number of benzene rings is 1. The maximum absolute atomic E-state index is 12.7. The van der Waals surface area contributed by atoms with Gasteiger partial charge in [-0.2, -0.15) is 0 Å². The smallest absolute Gasteiger partial charge is 0.261 e. The number of nitrogens with zero attached hydrogens (tertiary/aromatic N) is 2. The summed E-state index contributed by atoms with van der Waals surface area (Å²) in [7, 11) is 0. The van der Waals surface area contributed by atoms with Gasteiger partial charge < -0.3 is 5.11 Å². The third-order valence-electron chi connectivity index (χ3n) is 4.61. The summed E-state index contributed by atoms with van der Waals surface area (Å²) in [5.74, 6) is 0. The van der Waals surface area contributed by atoms with Crippen molar-refractivity contribution in [2.45, 2.75) is 45.3 Å². The molecule has 2 unspecified atom stereocenters. The molecular formula is C16H18N2O3. The van der Waals surface area contributed by atoms with E-state index in [9.17, 15) is 14.7 Å². The average Bonchev–Trinajstić information content (AvgIpc) is 2.89. The van der Waals surface area contributed by atoms with Crippen LogP contribution in [0.15, 0.2) is 17.2 Å². The van der Waals surface area contributed by atoms with Crippen LogP contribution in [0.3, 0.4) is 0 Å². The Bertz CT molecular complexity index is 779. The number of rotatable bonds is 2. The van der Waals surface area contributed by atoms with Crippen molar-refractivity contribution in [2.24, 2.45) is 0 Å². The molecule has 1 heterocycles. The largest absolute Gasteiger partial charge is 0.391 e. The Morgan fingerprint density at radius 3 is 2.71 bits per heavy atom. The third kappa shape index (κ3) is 2.08. The molecule has 5 nitrogen and oxygen atoms in total. The van der Waals surface area contributed by atoms with Gasteiger partial charge in [0.05, 0.1) is 29.4 Å². The van der Waals surface area contributed by atoms with E-state index < -0.39 is 6.10 Å². The van der Waals surface area contributed by atoms with Gasteiger partial charge in [-0.25, -0.2) is 4.98 Å². The van der Waals surface area contributed by atoms with Crippen molar-refractivity contribution in [1.29, 1.82) is 0 Å². The Hall–Kier alpha value is -2.01. The van der Waals surface area contributed by atoms with Crippen LogP contribution >= 0.6 is 0 Å². The average molecular weight is 286 g/mol. The Balaban J connectivity index is 2.28. The van der Waals surface area contributed by atoms with E-state index in [0.29, 0.717) is 22.9 Å². The predicted octanol–water partition coefficient (Wildman–Crippen LogP) is 1.91. The Morgan fingerprint density at radius 1 is 1.33 bits per heavy atom. The van der Waals surface area contributed by atoms with Gasteiger partial charge in [0.1, 0.15) is 6.29 Å². The van der Waals surface area contributed by atoms with Crippen molar-refractivity contribution >= 4 is 17.2 Å². The molecule has 1 aliphatic carbocycles. The molecule has 0 radical (unpaired) electrons. The fraction of sp³-hybridized carbons (Fsp3) is 0.438. The predicted molar refractivity (Wildman–Crippen MR) is 79.8 cm³/mol. The van der Waals surface area contributed by atoms with Crippen molar-refractivity contribution in [3.8, 4) is 0 Å². The monoisotopic (exact) mass is 286 g/mol. The van der Waals surface area contributed by atoms with E-state index in [2.05, 4.69) is 4.98 Å². The number of aliphatic hydroxyl groups is 1.